The molecule has 2 aromatic carbocycles. The second-order valence-electron chi connectivity index (χ2n) is 8.11. The van der Waals surface area contributed by atoms with Crippen molar-refractivity contribution in [1.29, 1.82) is 0 Å². The summed E-state index contributed by atoms with van der Waals surface area (Å²) in [5, 5.41) is 7.64. The number of nitrogens with one attached hydrogen (secondary N) is 1. The zero-order valence-corrected chi connectivity index (χ0v) is 19.2. The highest BCUT2D eigenvalue weighted by atomic mass is 32.2. The highest BCUT2D eigenvalue weighted by Gasteiger charge is 2.25. The van der Waals surface area contributed by atoms with Crippen LogP contribution in [0.2, 0.25) is 0 Å². The summed E-state index contributed by atoms with van der Waals surface area (Å²) in [4.78, 5) is 8.98. The summed E-state index contributed by atoms with van der Waals surface area (Å²) in [6, 6.07) is 12.3. The first-order chi connectivity index (χ1) is 16.5. The van der Waals surface area contributed by atoms with Gasteiger partial charge in [0.2, 0.25) is 16.0 Å². The second-order valence-corrected chi connectivity index (χ2v) is 10.0. The van der Waals surface area contributed by atoms with E-state index in [1.807, 2.05) is 30.4 Å². The molecule has 0 amide bonds. The van der Waals surface area contributed by atoms with Gasteiger partial charge in [0.1, 0.15) is 0 Å². The Hall–Kier alpha value is -3.76. The number of fused-ring (bicyclic) bond motifs is 1. The molecular weight excluding hydrogens is 452 g/mol. The Morgan fingerprint density at radius 3 is 2.38 bits per heavy atom. The van der Waals surface area contributed by atoms with Crippen molar-refractivity contribution in [2.45, 2.75) is 24.2 Å². The Bertz CT molecular complexity index is 1420. The third-order valence-electron chi connectivity index (χ3n) is 5.73. The molecular formula is C24H24N6O3S. The molecule has 1 aliphatic heterocycles. The third kappa shape index (κ3) is 4.63. The predicted molar refractivity (Wildman–Crippen MR) is 132 cm³/mol. The normalized spacial score (nSPS) is 15.2. The van der Waals surface area contributed by atoms with E-state index in [0.717, 1.165) is 35.8 Å². The maximum Gasteiger partial charge on any atom is 0.243 e. The summed E-state index contributed by atoms with van der Waals surface area (Å²) in [6.45, 7) is 1.17. The summed E-state index contributed by atoms with van der Waals surface area (Å²) >= 11 is 0. The molecule has 0 aliphatic carbocycles. The Labute approximate surface area is 197 Å². The van der Waals surface area contributed by atoms with Crippen molar-refractivity contribution >= 4 is 50.6 Å². The minimum absolute atomic E-state index is 0.299. The SMILES string of the molecule is Nc1noc2cc(/C=C/c3cnc(Nc4ccc(S(=O)(=O)N5CCCCC5)cc4)nc3)ccc12. The fraction of sp³-hybridized carbons (Fsp3) is 0.208. The quantitative estimate of drug-likeness (QED) is 0.422. The van der Waals surface area contributed by atoms with E-state index in [9.17, 15) is 8.42 Å². The van der Waals surface area contributed by atoms with Crippen LogP contribution in [0.15, 0.2) is 64.3 Å². The van der Waals surface area contributed by atoms with Crippen LogP contribution in [0, 0.1) is 0 Å². The van der Waals surface area contributed by atoms with E-state index in [1.54, 1.807) is 41.0 Å². The van der Waals surface area contributed by atoms with Crippen LogP contribution in [0.5, 0.6) is 0 Å². The Balaban J connectivity index is 1.23. The maximum absolute atomic E-state index is 12.8. The van der Waals surface area contributed by atoms with Gasteiger partial charge in [-0.1, -0.05) is 29.8 Å². The van der Waals surface area contributed by atoms with E-state index in [4.69, 9.17) is 10.3 Å². The largest absolute Gasteiger partial charge is 0.380 e. The van der Waals surface area contributed by atoms with Gasteiger partial charge in [0.15, 0.2) is 11.4 Å². The van der Waals surface area contributed by atoms with E-state index in [1.165, 1.54) is 0 Å². The number of aromatic nitrogens is 3. The van der Waals surface area contributed by atoms with Crippen LogP contribution in [0.3, 0.4) is 0 Å². The lowest BCUT2D eigenvalue weighted by molar-refractivity contribution is 0.346. The lowest BCUT2D eigenvalue weighted by atomic mass is 10.1. The number of benzene rings is 2. The van der Waals surface area contributed by atoms with Gasteiger partial charge in [0.05, 0.1) is 10.3 Å². The van der Waals surface area contributed by atoms with Gasteiger partial charge in [0.25, 0.3) is 0 Å². The minimum atomic E-state index is -3.45. The topological polar surface area (TPSA) is 127 Å². The highest BCUT2D eigenvalue weighted by Crippen LogP contribution is 2.24. The monoisotopic (exact) mass is 476 g/mol. The van der Waals surface area contributed by atoms with Crippen LogP contribution >= 0.6 is 0 Å². The molecule has 0 bridgehead atoms. The molecule has 0 saturated carbocycles. The van der Waals surface area contributed by atoms with Crippen molar-refractivity contribution in [3.05, 3.63) is 66.0 Å². The van der Waals surface area contributed by atoms with Crippen molar-refractivity contribution in [1.82, 2.24) is 19.4 Å². The van der Waals surface area contributed by atoms with E-state index in [-0.39, 0.29) is 0 Å². The number of sulfonamides is 1. The molecule has 0 spiro atoms. The van der Waals surface area contributed by atoms with Gasteiger partial charge in [0, 0.05) is 36.7 Å². The molecule has 0 atom stereocenters. The highest BCUT2D eigenvalue weighted by molar-refractivity contribution is 7.89. The van der Waals surface area contributed by atoms with Crippen molar-refractivity contribution in [3.8, 4) is 0 Å². The van der Waals surface area contributed by atoms with Crippen molar-refractivity contribution in [2.75, 3.05) is 24.1 Å². The van der Waals surface area contributed by atoms with Gasteiger partial charge in [-0.15, -0.1) is 0 Å². The third-order valence-corrected chi connectivity index (χ3v) is 7.64. The zero-order valence-electron chi connectivity index (χ0n) is 18.4. The number of nitrogens with zero attached hydrogens (tertiary/aromatic N) is 4. The van der Waals surface area contributed by atoms with Gasteiger partial charge in [-0.25, -0.2) is 18.4 Å². The fourth-order valence-electron chi connectivity index (χ4n) is 3.85. The average molecular weight is 477 g/mol. The summed E-state index contributed by atoms with van der Waals surface area (Å²) in [5.74, 6) is 0.794. The molecule has 4 aromatic rings. The lowest BCUT2D eigenvalue weighted by Gasteiger charge is -2.25. The minimum Gasteiger partial charge on any atom is -0.380 e. The Kier molecular flexibility index (Phi) is 5.99. The number of anilines is 3. The van der Waals surface area contributed by atoms with Crippen LogP contribution in [-0.4, -0.2) is 40.9 Å². The van der Waals surface area contributed by atoms with Crippen LogP contribution in [0.25, 0.3) is 23.1 Å². The summed E-state index contributed by atoms with van der Waals surface area (Å²) in [6.07, 6.45) is 10.1. The molecule has 1 saturated heterocycles. The standard InChI is InChI=1S/C24H24N6O3S/c25-23-21-11-6-17(14-22(21)33-29-23)4-5-18-15-26-24(27-16-18)28-19-7-9-20(10-8-19)34(31,32)30-12-2-1-3-13-30/h4-11,14-16H,1-3,12-13H2,(H2,25,29)(H,26,27,28)/b5-4+. The molecule has 1 aliphatic rings. The van der Waals surface area contributed by atoms with Gasteiger partial charge in [-0.05, 0) is 54.8 Å². The molecule has 3 heterocycles. The number of hydrogen-bond donors (Lipinski definition) is 2. The zero-order chi connectivity index (χ0) is 23.5. The van der Waals surface area contributed by atoms with E-state index >= 15 is 0 Å². The number of piperidine rings is 1. The summed E-state index contributed by atoms with van der Waals surface area (Å²) < 4.78 is 32.3. The van der Waals surface area contributed by atoms with Crippen molar-refractivity contribution < 1.29 is 12.9 Å². The van der Waals surface area contributed by atoms with Crippen LogP contribution in [-0.2, 0) is 10.0 Å². The molecule has 2 aromatic heterocycles. The number of nitrogen functional groups attached to an aromatic ring is 1. The van der Waals surface area contributed by atoms with Gasteiger partial charge in [-0.2, -0.15) is 4.31 Å². The molecule has 1 fully saturated rings. The molecule has 174 valence electrons. The Morgan fingerprint density at radius 1 is 0.941 bits per heavy atom. The lowest BCUT2D eigenvalue weighted by Crippen LogP contribution is -2.35. The number of hydrogen-bond acceptors (Lipinski definition) is 8. The molecule has 3 N–H and O–H groups in total. The first kappa shape index (κ1) is 22.1. The molecule has 10 heteroatoms. The van der Waals surface area contributed by atoms with Gasteiger partial charge >= 0.3 is 0 Å². The van der Waals surface area contributed by atoms with Crippen molar-refractivity contribution in [3.63, 3.8) is 0 Å². The summed E-state index contributed by atoms with van der Waals surface area (Å²) in [5.41, 5.74) is 8.84. The first-order valence-corrected chi connectivity index (χ1v) is 12.5. The van der Waals surface area contributed by atoms with Crippen LogP contribution < -0.4 is 11.1 Å². The predicted octanol–water partition coefficient (Wildman–Crippen LogP) is 4.29. The van der Waals surface area contributed by atoms with Crippen molar-refractivity contribution in [2.24, 2.45) is 0 Å². The average Bonchev–Trinajstić information content (AvgIpc) is 3.24. The molecule has 34 heavy (non-hydrogen) atoms. The van der Waals surface area contributed by atoms with Crippen LogP contribution in [0.1, 0.15) is 30.4 Å². The van der Waals surface area contributed by atoms with E-state index < -0.39 is 10.0 Å². The maximum atomic E-state index is 12.8. The number of nitrogens with two attached hydrogens (primary N) is 1. The van der Waals surface area contributed by atoms with E-state index in [0.29, 0.717) is 41.0 Å². The molecule has 0 unspecified atom stereocenters. The fourth-order valence-corrected chi connectivity index (χ4v) is 5.37. The van der Waals surface area contributed by atoms with E-state index in [2.05, 4.69) is 20.4 Å². The van der Waals surface area contributed by atoms with Crippen LogP contribution in [0.4, 0.5) is 17.5 Å². The second kappa shape index (κ2) is 9.24. The van der Waals surface area contributed by atoms with Gasteiger partial charge < -0.3 is 15.6 Å². The van der Waals surface area contributed by atoms with Gasteiger partial charge in [-0.3, -0.25) is 0 Å². The molecule has 9 nitrogen and oxygen atoms in total. The summed E-state index contributed by atoms with van der Waals surface area (Å²) in [7, 11) is -3.45. The number of rotatable bonds is 6. The smallest absolute Gasteiger partial charge is 0.243 e. The molecule has 5 rings (SSSR count). The first-order valence-electron chi connectivity index (χ1n) is 11.0. The Morgan fingerprint density at radius 2 is 1.65 bits per heavy atom. The molecule has 0 radical (unpaired) electrons.